The smallest absolute Gasteiger partial charge is 0.0593 e. The first-order valence-electron chi connectivity index (χ1n) is 8.51. The highest BCUT2D eigenvalue weighted by Crippen LogP contribution is 2.36. The third kappa shape index (κ3) is 4.19. The number of hydrogen-bond donors (Lipinski definition) is 1. The van der Waals surface area contributed by atoms with Crippen LogP contribution in [0.3, 0.4) is 0 Å². The minimum Gasteiger partial charge on any atom is -0.380 e. The molecule has 1 heterocycles. The third-order valence-corrected chi connectivity index (χ3v) is 4.89. The van der Waals surface area contributed by atoms with E-state index < -0.39 is 0 Å². The summed E-state index contributed by atoms with van der Waals surface area (Å²) in [7, 11) is 0. The zero-order valence-corrected chi connectivity index (χ0v) is 14.0. The average molecular weight is 282 g/mol. The lowest BCUT2D eigenvalue weighted by molar-refractivity contribution is -0.0295. The molecule has 2 fully saturated rings. The summed E-state index contributed by atoms with van der Waals surface area (Å²) in [6.45, 7) is 14.3. The van der Waals surface area contributed by atoms with Crippen LogP contribution in [-0.4, -0.2) is 48.8 Å². The van der Waals surface area contributed by atoms with Gasteiger partial charge in [0.25, 0.3) is 0 Å². The average Bonchev–Trinajstić information content (AvgIpc) is 2.40. The number of piperazine rings is 1. The Hall–Kier alpha value is -0.120. The van der Waals surface area contributed by atoms with Crippen molar-refractivity contribution in [3.63, 3.8) is 0 Å². The molecular formula is C17H34N2O. The zero-order chi connectivity index (χ0) is 14.6. The second-order valence-corrected chi connectivity index (χ2v) is 7.91. The summed E-state index contributed by atoms with van der Waals surface area (Å²) in [5.74, 6) is 0.637. The first kappa shape index (κ1) is 16.3. The van der Waals surface area contributed by atoms with Gasteiger partial charge in [-0.15, -0.1) is 0 Å². The molecule has 2 aliphatic rings. The van der Waals surface area contributed by atoms with Gasteiger partial charge in [0.2, 0.25) is 0 Å². The van der Waals surface area contributed by atoms with Crippen molar-refractivity contribution in [2.24, 2.45) is 5.92 Å². The number of nitrogens with zero attached hydrogens (tertiary/aromatic N) is 1. The molecule has 0 aromatic carbocycles. The lowest BCUT2D eigenvalue weighted by atomic mass is 9.77. The Morgan fingerprint density at radius 2 is 1.85 bits per heavy atom. The van der Waals surface area contributed by atoms with Gasteiger partial charge in [-0.25, -0.2) is 0 Å². The molecule has 0 aromatic rings. The van der Waals surface area contributed by atoms with Gasteiger partial charge in [0.05, 0.1) is 6.61 Å². The van der Waals surface area contributed by atoms with Crippen molar-refractivity contribution < 1.29 is 4.74 Å². The lowest BCUT2D eigenvalue weighted by Gasteiger charge is -2.54. The summed E-state index contributed by atoms with van der Waals surface area (Å²) in [5, 5.41) is 3.78. The normalized spacial score (nSPS) is 26.2. The molecule has 0 aromatic heterocycles. The lowest BCUT2D eigenvalue weighted by Crippen LogP contribution is -2.69. The molecular weight excluding hydrogens is 248 g/mol. The van der Waals surface area contributed by atoms with Crippen LogP contribution in [0.5, 0.6) is 0 Å². The summed E-state index contributed by atoms with van der Waals surface area (Å²) < 4.78 is 5.84. The van der Waals surface area contributed by atoms with Gasteiger partial charge in [0.1, 0.15) is 0 Å². The van der Waals surface area contributed by atoms with E-state index in [1.807, 2.05) is 0 Å². The summed E-state index contributed by atoms with van der Waals surface area (Å²) >= 11 is 0. The van der Waals surface area contributed by atoms with Gasteiger partial charge in [-0.05, 0) is 32.6 Å². The van der Waals surface area contributed by atoms with E-state index in [-0.39, 0.29) is 5.54 Å². The SMILES string of the molecule is CC(C)COCCN1CC(C)(C)NCC12CCCCC2. The molecule has 0 unspecified atom stereocenters. The standard InChI is InChI=1S/C17H34N2O/c1-15(2)12-20-11-10-19-14-16(3,4)18-13-17(19)8-6-5-7-9-17/h15,18H,5-14H2,1-4H3. The highest BCUT2D eigenvalue weighted by molar-refractivity contribution is 5.03. The van der Waals surface area contributed by atoms with E-state index in [0.29, 0.717) is 11.5 Å². The minimum atomic E-state index is 0.237. The van der Waals surface area contributed by atoms with Gasteiger partial charge in [0.15, 0.2) is 0 Å². The molecule has 1 saturated heterocycles. The number of rotatable bonds is 5. The van der Waals surface area contributed by atoms with Gasteiger partial charge in [-0.1, -0.05) is 33.1 Å². The number of ether oxygens (including phenoxy) is 1. The van der Waals surface area contributed by atoms with Gasteiger partial charge in [-0.2, -0.15) is 0 Å². The molecule has 1 N–H and O–H groups in total. The van der Waals surface area contributed by atoms with Gasteiger partial charge >= 0.3 is 0 Å². The maximum atomic E-state index is 5.84. The maximum absolute atomic E-state index is 5.84. The van der Waals surface area contributed by atoms with Crippen molar-refractivity contribution in [2.75, 3.05) is 32.8 Å². The van der Waals surface area contributed by atoms with Gasteiger partial charge < -0.3 is 10.1 Å². The van der Waals surface area contributed by atoms with Crippen LogP contribution in [0.1, 0.15) is 59.8 Å². The molecule has 2 rings (SSSR count). The quantitative estimate of drug-likeness (QED) is 0.784. The second kappa shape index (κ2) is 6.76. The van der Waals surface area contributed by atoms with Crippen molar-refractivity contribution in [1.29, 1.82) is 0 Å². The molecule has 1 aliphatic carbocycles. The van der Waals surface area contributed by atoms with E-state index in [0.717, 1.165) is 32.8 Å². The molecule has 118 valence electrons. The number of hydrogen-bond acceptors (Lipinski definition) is 3. The van der Waals surface area contributed by atoms with E-state index in [2.05, 4.69) is 37.9 Å². The zero-order valence-electron chi connectivity index (χ0n) is 14.0. The Kier molecular flexibility index (Phi) is 5.49. The van der Waals surface area contributed by atoms with Crippen LogP contribution in [0.2, 0.25) is 0 Å². The Bertz CT molecular complexity index is 295. The predicted molar refractivity (Wildman–Crippen MR) is 85.1 cm³/mol. The summed E-state index contributed by atoms with van der Waals surface area (Å²) in [6, 6.07) is 0. The minimum absolute atomic E-state index is 0.237. The van der Waals surface area contributed by atoms with Gasteiger partial charge in [-0.3, -0.25) is 4.90 Å². The summed E-state index contributed by atoms with van der Waals surface area (Å²) in [5.41, 5.74) is 0.649. The highest BCUT2D eigenvalue weighted by atomic mass is 16.5. The monoisotopic (exact) mass is 282 g/mol. The molecule has 1 saturated carbocycles. The Labute approximate surface area is 125 Å². The third-order valence-electron chi connectivity index (χ3n) is 4.89. The second-order valence-electron chi connectivity index (χ2n) is 7.91. The predicted octanol–water partition coefficient (Wildman–Crippen LogP) is 3.05. The molecule has 1 aliphatic heterocycles. The fourth-order valence-corrected chi connectivity index (χ4v) is 3.73. The van der Waals surface area contributed by atoms with E-state index >= 15 is 0 Å². The highest BCUT2D eigenvalue weighted by Gasteiger charge is 2.44. The van der Waals surface area contributed by atoms with E-state index in [1.165, 1.54) is 32.1 Å². The fourth-order valence-electron chi connectivity index (χ4n) is 3.73. The number of nitrogens with one attached hydrogen (secondary N) is 1. The molecule has 0 atom stereocenters. The van der Waals surface area contributed by atoms with Crippen LogP contribution in [0.4, 0.5) is 0 Å². The molecule has 0 bridgehead atoms. The molecule has 0 radical (unpaired) electrons. The topological polar surface area (TPSA) is 24.5 Å². The Morgan fingerprint density at radius 1 is 1.15 bits per heavy atom. The Morgan fingerprint density at radius 3 is 2.50 bits per heavy atom. The van der Waals surface area contributed by atoms with Crippen LogP contribution < -0.4 is 5.32 Å². The molecule has 0 amide bonds. The van der Waals surface area contributed by atoms with E-state index in [4.69, 9.17) is 4.74 Å². The van der Waals surface area contributed by atoms with Crippen molar-refractivity contribution in [3.05, 3.63) is 0 Å². The van der Waals surface area contributed by atoms with Crippen LogP contribution in [0.15, 0.2) is 0 Å². The largest absolute Gasteiger partial charge is 0.380 e. The van der Waals surface area contributed by atoms with Crippen molar-refractivity contribution in [3.8, 4) is 0 Å². The first-order chi connectivity index (χ1) is 9.44. The molecule has 20 heavy (non-hydrogen) atoms. The molecule has 1 spiro atoms. The van der Waals surface area contributed by atoms with Crippen LogP contribution in [-0.2, 0) is 4.74 Å². The van der Waals surface area contributed by atoms with Crippen LogP contribution in [0, 0.1) is 5.92 Å². The fraction of sp³-hybridized carbons (Fsp3) is 1.00. The van der Waals surface area contributed by atoms with E-state index in [1.54, 1.807) is 0 Å². The first-order valence-corrected chi connectivity index (χ1v) is 8.51. The maximum Gasteiger partial charge on any atom is 0.0593 e. The van der Waals surface area contributed by atoms with Gasteiger partial charge in [0, 0.05) is 37.3 Å². The summed E-state index contributed by atoms with van der Waals surface area (Å²) in [4.78, 5) is 2.74. The molecule has 3 nitrogen and oxygen atoms in total. The van der Waals surface area contributed by atoms with Crippen molar-refractivity contribution >= 4 is 0 Å². The van der Waals surface area contributed by atoms with Crippen molar-refractivity contribution in [2.45, 2.75) is 70.9 Å². The van der Waals surface area contributed by atoms with Crippen LogP contribution in [0.25, 0.3) is 0 Å². The molecule has 3 heteroatoms. The Balaban J connectivity index is 1.92. The van der Waals surface area contributed by atoms with Crippen LogP contribution >= 0.6 is 0 Å². The summed E-state index contributed by atoms with van der Waals surface area (Å²) in [6.07, 6.45) is 6.93. The van der Waals surface area contributed by atoms with Crippen molar-refractivity contribution in [1.82, 2.24) is 10.2 Å². The van der Waals surface area contributed by atoms with E-state index in [9.17, 15) is 0 Å².